The zero-order valence-electron chi connectivity index (χ0n) is 17.7. The van der Waals surface area contributed by atoms with E-state index in [9.17, 15) is 0 Å². The van der Waals surface area contributed by atoms with Gasteiger partial charge in [-0.15, -0.1) is 0 Å². The van der Waals surface area contributed by atoms with Crippen molar-refractivity contribution in [2.75, 3.05) is 32.1 Å². The fourth-order valence-corrected chi connectivity index (χ4v) is 2.99. The van der Waals surface area contributed by atoms with Gasteiger partial charge in [0, 0.05) is 11.8 Å². The number of anilines is 3. The molecule has 10 nitrogen and oxygen atoms in total. The van der Waals surface area contributed by atoms with Crippen molar-refractivity contribution in [2.45, 2.75) is 0 Å². The summed E-state index contributed by atoms with van der Waals surface area (Å²) >= 11 is 0. The minimum Gasteiger partial charge on any atom is -0.497 e. The van der Waals surface area contributed by atoms with Crippen LogP contribution in [0.1, 0.15) is 5.56 Å². The number of hydrogen-bond acceptors (Lipinski definition) is 10. The Morgan fingerprint density at radius 2 is 1.53 bits per heavy atom. The average Bonchev–Trinajstić information content (AvgIpc) is 2.84. The molecule has 2 aromatic carbocycles. The maximum absolute atomic E-state index is 5.32. The van der Waals surface area contributed by atoms with E-state index in [0.717, 1.165) is 17.0 Å². The lowest BCUT2D eigenvalue weighted by Crippen LogP contribution is -2.02. The van der Waals surface area contributed by atoms with Crippen LogP contribution < -0.4 is 25.0 Å². The van der Waals surface area contributed by atoms with Gasteiger partial charge in [-0.1, -0.05) is 6.07 Å². The first-order valence-electron chi connectivity index (χ1n) is 9.59. The Balaban J connectivity index is 1.58. The number of nitrogens with one attached hydrogen (secondary N) is 2. The Hall–Kier alpha value is -4.47. The number of nitrogens with zero attached hydrogens (tertiary/aromatic N) is 5. The fourth-order valence-electron chi connectivity index (χ4n) is 2.99. The molecule has 0 bridgehead atoms. The summed E-state index contributed by atoms with van der Waals surface area (Å²) in [6.45, 7) is 0. The summed E-state index contributed by atoms with van der Waals surface area (Å²) in [6, 6.07) is 13.0. The average molecular weight is 431 g/mol. The predicted molar refractivity (Wildman–Crippen MR) is 122 cm³/mol. The van der Waals surface area contributed by atoms with Gasteiger partial charge in [0.1, 0.15) is 29.4 Å². The molecule has 162 valence electrons. The minimum absolute atomic E-state index is 0.447. The highest BCUT2D eigenvalue weighted by Crippen LogP contribution is 2.28. The molecule has 0 aliphatic rings. The van der Waals surface area contributed by atoms with Crippen molar-refractivity contribution in [3.63, 3.8) is 0 Å². The lowest BCUT2D eigenvalue weighted by atomic mass is 10.2. The van der Waals surface area contributed by atoms with Gasteiger partial charge in [0.05, 0.1) is 27.5 Å². The van der Waals surface area contributed by atoms with E-state index in [4.69, 9.17) is 14.2 Å². The predicted octanol–water partition coefficient (Wildman–Crippen LogP) is 3.64. The standard InChI is InChI=1S/C22H21N7O3/c1-30-16-6-4-5-15(10-16)28-21-19-20(24-12-25-21)22(26-13-23-19)29-27-11-14-7-8-17(31-2)18(9-14)32-3/h4-13H,1-3H3,(H,23,26,29)(H,24,25,28). The zero-order valence-corrected chi connectivity index (χ0v) is 17.7. The molecule has 0 radical (unpaired) electrons. The number of aromatic nitrogens is 4. The first kappa shape index (κ1) is 20.8. The van der Waals surface area contributed by atoms with E-state index in [1.807, 2.05) is 42.5 Å². The second-order valence-electron chi connectivity index (χ2n) is 6.48. The normalized spacial score (nSPS) is 10.8. The highest BCUT2D eigenvalue weighted by atomic mass is 16.5. The third-order valence-corrected chi connectivity index (χ3v) is 4.54. The number of hydrazone groups is 1. The van der Waals surface area contributed by atoms with Gasteiger partial charge in [-0.05, 0) is 35.9 Å². The molecule has 2 aromatic heterocycles. The molecule has 2 N–H and O–H groups in total. The molecule has 0 atom stereocenters. The van der Waals surface area contributed by atoms with Gasteiger partial charge in [0.2, 0.25) is 0 Å². The molecule has 0 aliphatic carbocycles. The third kappa shape index (κ3) is 4.48. The van der Waals surface area contributed by atoms with E-state index >= 15 is 0 Å². The monoisotopic (exact) mass is 431 g/mol. The minimum atomic E-state index is 0.447. The smallest absolute Gasteiger partial charge is 0.176 e. The Bertz CT molecular complexity index is 1260. The van der Waals surface area contributed by atoms with Crippen LogP contribution in [0.3, 0.4) is 0 Å². The SMILES string of the molecule is COc1cccc(Nc2ncnc3c(NN=Cc4ccc(OC)c(OC)c4)ncnc23)c1. The second-order valence-corrected chi connectivity index (χ2v) is 6.48. The third-order valence-electron chi connectivity index (χ3n) is 4.54. The molecular formula is C22H21N7O3. The molecule has 0 saturated heterocycles. The Labute approximate surface area is 184 Å². The van der Waals surface area contributed by atoms with E-state index < -0.39 is 0 Å². The van der Waals surface area contributed by atoms with Crippen LogP contribution in [0.2, 0.25) is 0 Å². The number of rotatable bonds is 8. The van der Waals surface area contributed by atoms with Crippen molar-refractivity contribution in [3.8, 4) is 17.2 Å². The van der Waals surface area contributed by atoms with Gasteiger partial charge < -0.3 is 19.5 Å². The highest BCUT2D eigenvalue weighted by Gasteiger charge is 2.11. The summed E-state index contributed by atoms with van der Waals surface area (Å²) in [5.41, 5.74) is 5.63. The number of fused-ring (bicyclic) bond motifs is 1. The van der Waals surface area contributed by atoms with E-state index in [2.05, 4.69) is 35.8 Å². The summed E-state index contributed by atoms with van der Waals surface area (Å²) < 4.78 is 15.8. The molecular weight excluding hydrogens is 410 g/mol. The van der Waals surface area contributed by atoms with Crippen molar-refractivity contribution in [1.82, 2.24) is 19.9 Å². The first-order valence-corrected chi connectivity index (χ1v) is 9.59. The Morgan fingerprint density at radius 3 is 2.28 bits per heavy atom. The van der Waals surface area contributed by atoms with Crippen LogP contribution in [0.25, 0.3) is 11.0 Å². The molecule has 0 aliphatic heterocycles. The number of ether oxygens (including phenoxy) is 3. The van der Waals surface area contributed by atoms with E-state index in [1.54, 1.807) is 27.5 Å². The second kappa shape index (κ2) is 9.56. The molecule has 10 heteroatoms. The van der Waals surface area contributed by atoms with Crippen LogP contribution in [-0.2, 0) is 0 Å². The van der Waals surface area contributed by atoms with Crippen LogP contribution >= 0.6 is 0 Å². The van der Waals surface area contributed by atoms with Crippen molar-refractivity contribution < 1.29 is 14.2 Å². The summed E-state index contributed by atoms with van der Waals surface area (Å²) in [5.74, 6) is 2.98. The fraction of sp³-hybridized carbons (Fsp3) is 0.136. The zero-order chi connectivity index (χ0) is 22.3. The van der Waals surface area contributed by atoms with E-state index in [1.165, 1.54) is 12.7 Å². The molecule has 0 saturated carbocycles. The first-order chi connectivity index (χ1) is 15.7. The van der Waals surface area contributed by atoms with Crippen molar-refractivity contribution in [3.05, 3.63) is 60.7 Å². The molecule has 0 spiro atoms. The molecule has 4 rings (SSSR count). The van der Waals surface area contributed by atoms with Gasteiger partial charge >= 0.3 is 0 Å². The summed E-state index contributed by atoms with van der Waals surface area (Å²) in [7, 11) is 4.79. The van der Waals surface area contributed by atoms with E-state index in [-0.39, 0.29) is 0 Å². The molecule has 32 heavy (non-hydrogen) atoms. The van der Waals surface area contributed by atoms with Crippen LogP contribution in [0.4, 0.5) is 17.3 Å². The molecule has 0 amide bonds. The van der Waals surface area contributed by atoms with E-state index in [0.29, 0.717) is 34.2 Å². The van der Waals surface area contributed by atoms with Crippen LogP contribution in [-0.4, -0.2) is 47.5 Å². The maximum Gasteiger partial charge on any atom is 0.176 e. The molecule has 2 heterocycles. The maximum atomic E-state index is 5.32. The number of methoxy groups -OCH3 is 3. The Morgan fingerprint density at radius 1 is 0.781 bits per heavy atom. The van der Waals surface area contributed by atoms with Crippen LogP contribution in [0, 0.1) is 0 Å². The lowest BCUT2D eigenvalue weighted by molar-refractivity contribution is 0.355. The van der Waals surface area contributed by atoms with Crippen molar-refractivity contribution in [1.29, 1.82) is 0 Å². The largest absolute Gasteiger partial charge is 0.497 e. The topological polar surface area (TPSA) is 116 Å². The quantitative estimate of drug-likeness (QED) is 0.319. The number of hydrogen-bond donors (Lipinski definition) is 2. The van der Waals surface area contributed by atoms with Gasteiger partial charge in [0.25, 0.3) is 0 Å². The van der Waals surface area contributed by atoms with Crippen LogP contribution in [0.5, 0.6) is 17.2 Å². The van der Waals surface area contributed by atoms with Gasteiger partial charge in [-0.3, -0.25) is 5.43 Å². The lowest BCUT2D eigenvalue weighted by Gasteiger charge is -2.10. The van der Waals surface area contributed by atoms with Gasteiger partial charge in [-0.25, -0.2) is 19.9 Å². The Kier molecular flexibility index (Phi) is 6.21. The van der Waals surface area contributed by atoms with Gasteiger partial charge in [-0.2, -0.15) is 5.10 Å². The van der Waals surface area contributed by atoms with Crippen molar-refractivity contribution >= 4 is 34.6 Å². The highest BCUT2D eigenvalue weighted by molar-refractivity contribution is 5.93. The molecule has 0 unspecified atom stereocenters. The number of benzene rings is 2. The van der Waals surface area contributed by atoms with Crippen LogP contribution in [0.15, 0.2) is 60.2 Å². The molecule has 4 aromatic rings. The van der Waals surface area contributed by atoms with Gasteiger partial charge in [0.15, 0.2) is 23.1 Å². The summed E-state index contributed by atoms with van der Waals surface area (Å²) in [5, 5.41) is 7.51. The van der Waals surface area contributed by atoms with Crippen molar-refractivity contribution in [2.24, 2.45) is 5.10 Å². The molecule has 0 fully saturated rings. The summed E-state index contributed by atoms with van der Waals surface area (Å²) in [4.78, 5) is 17.2. The summed E-state index contributed by atoms with van der Waals surface area (Å²) in [6.07, 6.45) is 4.51.